The number of nitrogens with zero attached hydrogens (tertiary/aromatic N) is 1. The van der Waals surface area contributed by atoms with Crippen LogP contribution in [0.25, 0.3) is 0 Å². The molecule has 4 heteroatoms. The van der Waals surface area contributed by atoms with Crippen LogP contribution in [-0.2, 0) is 9.53 Å². The quantitative estimate of drug-likeness (QED) is 0.333. The topological polar surface area (TPSA) is 29.5 Å². The Hall–Kier alpha value is -0.350. The van der Waals surface area contributed by atoms with Crippen molar-refractivity contribution in [2.24, 2.45) is 0 Å². The molecule has 1 atom stereocenters. The first-order chi connectivity index (χ1) is 5.99. The minimum Gasteiger partial charge on any atom is -0.444 e. The summed E-state index contributed by atoms with van der Waals surface area (Å²) in [5.74, 6) is -0.388. The molecule has 1 unspecified atom stereocenters. The Balaban J connectivity index is 0. The molecule has 0 aromatic heterocycles. The van der Waals surface area contributed by atoms with Crippen LogP contribution in [-0.4, -0.2) is 36.5 Å². The van der Waals surface area contributed by atoms with Gasteiger partial charge in [0, 0.05) is 11.4 Å². The molecular formula is C9H18BrNO2. The van der Waals surface area contributed by atoms with Crippen molar-refractivity contribution in [1.82, 2.24) is 4.90 Å². The molecule has 0 N–H and O–H groups in total. The molecular weight excluding hydrogens is 234 g/mol. The zero-order valence-corrected chi connectivity index (χ0v) is 10.3. The van der Waals surface area contributed by atoms with Crippen molar-refractivity contribution in [3.63, 3.8) is 0 Å². The Morgan fingerprint density at radius 2 is 2.08 bits per heavy atom. The van der Waals surface area contributed by atoms with Crippen LogP contribution in [0.15, 0.2) is 12.7 Å². The molecule has 0 saturated heterocycles. The number of halogens is 1. The third kappa shape index (κ3) is 11.7. The average Bonchev–Trinajstić information content (AvgIpc) is 2.05. The lowest BCUT2D eigenvalue weighted by molar-refractivity contribution is -0.149. The zero-order valence-electron chi connectivity index (χ0n) is 8.71. The maximum atomic E-state index is 10.6. The molecule has 0 heterocycles. The van der Waals surface area contributed by atoms with Crippen LogP contribution in [0.3, 0.4) is 0 Å². The number of rotatable bonds is 3. The molecule has 0 amide bonds. The van der Waals surface area contributed by atoms with E-state index in [0.717, 1.165) is 11.4 Å². The molecule has 0 radical (unpaired) electrons. The first-order valence-corrected chi connectivity index (χ1v) is 5.17. The summed E-state index contributed by atoms with van der Waals surface area (Å²) in [5.41, 5.74) is 0. The summed E-state index contributed by atoms with van der Waals surface area (Å²) in [4.78, 5) is 12.4. The average molecular weight is 252 g/mol. The fourth-order valence-electron chi connectivity index (χ4n) is 0.322. The molecule has 0 aliphatic carbocycles. The highest BCUT2D eigenvalue weighted by atomic mass is 79.9. The molecule has 0 fully saturated rings. The van der Waals surface area contributed by atoms with Gasteiger partial charge in [-0.3, -0.25) is 4.90 Å². The molecule has 78 valence electrons. The third-order valence-electron chi connectivity index (χ3n) is 1.18. The second-order valence-electron chi connectivity index (χ2n) is 2.47. The van der Waals surface area contributed by atoms with Gasteiger partial charge in [0.05, 0.1) is 0 Å². The predicted octanol–water partition coefficient (Wildman–Crippen LogP) is 2.02. The standard InChI is InChI=1S/C7H13NO2.C2H5Br/c1-5-7(9)10-6(2)8(3)4;1-2-3/h5-6H,1H2,2-4H3;2H2,1H3. The van der Waals surface area contributed by atoms with Crippen molar-refractivity contribution in [2.45, 2.75) is 20.1 Å². The van der Waals surface area contributed by atoms with Gasteiger partial charge >= 0.3 is 5.97 Å². The van der Waals surface area contributed by atoms with Gasteiger partial charge in [-0.25, -0.2) is 4.79 Å². The number of alkyl halides is 1. The van der Waals surface area contributed by atoms with Gasteiger partial charge in [0.15, 0.2) is 6.23 Å². The number of esters is 1. The maximum absolute atomic E-state index is 10.6. The van der Waals surface area contributed by atoms with Gasteiger partial charge in [-0.05, 0) is 21.0 Å². The van der Waals surface area contributed by atoms with E-state index >= 15 is 0 Å². The van der Waals surface area contributed by atoms with E-state index in [9.17, 15) is 4.79 Å². The van der Waals surface area contributed by atoms with Crippen molar-refractivity contribution in [3.05, 3.63) is 12.7 Å². The summed E-state index contributed by atoms with van der Waals surface area (Å²) < 4.78 is 4.83. The van der Waals surface area contributed by atoms with E-state index in [1.165, 1.54) is 0 Å². The number of ether oxygens (including phenoxy) is 1. The van der Waals surface area contributed by atoms with Crippen LogP contribution in [0, 0.1) is 0 Å². The van der Waals surface area contributed by atoms with Gasteiger partial charge in [0.2, 0.25) is 0 Å². The Bertz CT molecular complexity index is 149. The molecule has 0 saturated carbocycles. The Morgan fingerprint density at radius 3 is 2.31 bits per heavy atom. The number of carbonyl (C=O) groups excluding carboxylic acids is 1. The molecule has 0 aromatic rings. The Morgan fingerprint density at radius 1 is 1.69 bits per heavy atom. The Labute approximate surface area is 88.9 Å². The smallest absolute Gasteiger partial charge is 0.331 e. The lowest BCUT2D eigenvalue weighted by Crippen LogP contribution is -2.29. The second-order valence-corrected chi connectivity index (χ2v) is 3.59. The number of carbonyl (C=O) groups is 1. The van der Waals surface area contributed by atoms with Gasteiger partial charge in [0.25, 0.3) is 0 Å². The van der Waals surface area contributed by atoms with Crippen LogP contribution in [0.2, 0.25) is 0 Å². The molecule has 0 aliphatic heterocycles. The Kier molecular flexibility index (Phi) is 11.3. The first kappa shape index (κ1) is 15.1. The number of hydrogen-bond donors (Lipinski definition) is 0. The largest absolute Gasteiger partial charge is 0.444 e. The van der Waals surface area contributed by atoms with Crippen molar-refractivity contribution < 1.29 is 9.53 Å². The predicted molar refractivity (Wildman–Crippen MR) is 58.9 cm³/mol. The lowest BCUT2D eigenvalue weighted by atomic mass is 10.6. The highest BCUT2D eigenvalue weighted by Gasteiger charge is 2.06. The summed E-state index contributed by atoms with van der Waals surface area (Å²) in [6.07, 6.45) is 0.963. The second kappa shape index (κ2) is 9.74. The zero-order chi connectivity index (χ0) is 10.9. The molecule has 0 rings (SSSR count). The lowest BCUT2D eigenvalue weighted by Gasteiger charge is -2.18. The van der Waals surface area contributed by atoms with Crippen molar-refractivity contribution in [2.75, 3.05) is 19.4 Å². The molecule has 0 bridgehead atoms. The molecule has 0 aromatic carbocycles. The summed E-state index contributed by atoms with van der Waals surface area (Å²) in [6, 6.07) is 0. The SMILES string of the molecule is C=CC(=O)OC(C)N(C)C.CCBr. The van der Waals surface area contributed by atoms with Crippen molar-refractivity contribution in [3.8, 4) is 0 Å². The van der Waals surface area contributed by atoms with Gasteiger partial charge in [0.1, 0.15) is 0 Å². The normalized spacial score (nSPS) is 11.2. The monoisotopic (exact) mass is 251 g/mol. The maximum Gasteiger partial charge on any atom is 0.331 e. The number of hydrogen-bond acceptors (Lipinski definition) is 3. The minimum absolute atomic E-state index is 0.189. The summed E-state index contributed by atoms with van der Waals surface area (Å²) in [5, 5.41) is 1.06. The van der Waals surface area contributed by atoms with Gasteiger partial charge < -0.3 is 4.74 Å². The third-order valence-corrected chi connectivity index (χ3v) is 1.18. The van der Waals surface area contributed by atoms with Crippen LogP contribution < -0.4 is 0 Å². The van der Waals surface area contributed by atoms with E-state index in [4.69, 9.17) is 4.74 Å². The summed E-state index contributed by atoms with van der Waals surface area (Å²) in [7, 11) is 3.67. The van der Waals surface area contributed by atoms with E-state index in [0.29, 0.717) is 0 Å². The van der Waals surface area contributed by atoms with Gasteiger partial charge in [-0.15, -0.1) is 0 Å². The fourth-order valence-corrected chi connectivity index (χ4v) is 0.322. The van der Waals surface area contributed by atoms with E-state index in [-0.39, 0.29) is 12.2 Å². The fraction of sp³-hybridized carbons (Fsp3) is 0.667. The first-order valence-electron chi connectivity index (χ1n) is 4.05. The minimum atomic E-state index is -0.388. The van der Waals surface area contributed by atoms with Crippen LogP contribution >= 0.6 is 15.9 Å². The highest BCUT2D eigenvalue weighted by molar-refractivity contribution is 9.09. The highest BCUT2D eigenvalue weighted by Crippen LogP contribution is 1.94. The van der Waals surface area contributed by atoms with Crippen LogP contribution in [0.4, 0.5) is 0 Å². The van der Waals surface area contributed by atoms with Gasteiger partial charge in [-0.2, -0.15) is 0 Å². The molecule has 0 spiro atoms. The van der Waals surface area contributed by atoms with E-state index in [1.807, 2.05) is 21.0 Å². The van der Waals surface area contributed by atoms with E-state index in [2.05, 4.69) is 22.5 Å². The van der Waals surface area contributed by atoms with E-state index < -0.39 is 0 Å². The van der Waals surface area contributed by atoms with Crippen molar-refractivity contribution in [1.29, 1.82) is 0 Å². The van der Waals surface area contributed by atoms with E-state index in [1.54, 1.807) is 11.8 Å². The summed E-state index contributed by atoms with van der Waals surface area (Å²) >= 11 is 3.15. The van der Waals surface area contributed by atoms with Crippen molar-refractivity contribution >= 4 is 21.9 Å². The summed E-state index contributed by atoms with van der Waals surface area (Å²) in [6.45, 7) is 7.11. The molecule has 0 aliphatic rings. The molecule has 3 nitrogen and oxygen atoms in total. The molecule has 13 heavy (non-hydrogen) atoms. The van der Waals surface area contributed by atoms with Crippen LogP contribution in [0.5, 0.6) is 0 Å². The van der Waals surface area contributed by atoms with Crippen LogP contribution in [0.1, 0.15) is 13.8 Å². The van der Waals surface area contributed by atoms with Gasteiger partial charge in [-0.1, -0.05) is 29.4 Å².